The highest BCUT2D eigenvalue weighted by molar-refractivity contribution is 5.80. The van der Waals surface area contributed by atoms with E-state index in [0.717, 1.165) is 39.0 Å². The molecule has 4 nitrogen and oxygen atoms in total. The van der Waals surface area contributed by atoms with Crippen LogP contribution in [0, 0.1) is 0 Å². The van der Waals surface area contributed by atoms with Crippen LogP contribution in [-0.4, -0.2) is 54.5 Å². The molecule has 0 spiro atoms. The van der Waals surface area contributed by atoms with Gasteiger partial charge in [0.15, 0.2) is 0 Å². The van der Waals surface area contributed by atoms with Crippen LogP contribution in [0.3, 0.4) is 0 Å². The summed E-state index contributed by atoms with van der Waals surface area (Å²) < 4.78 is 0. The second-order valence-electron chi connectivity index (χ2n) is 5.25. The number of carbonyl (C=O) groups is 1. The smallest absolute Gasteiger partial charge is 0.240 e. The zero-order valence-electron chi connectivity index (χ0n) is 11.6. The van der Waals surface area contributed by atoms with E-state index in [1.54, 1.807) is 0 Å². The highest BCUT2D eigenvalue weighted by Gasteiger charge is 2.24. The molecule has 4 heteroatoms. The largest absolute Gasteiger partial charge is 0.316 e. The maximum atomic E-state index is 12.4. The highest BCUT2D eigenvalue weighted by atomic mass is 16.2. The summed E-state index contributed by atoms with van der Waals surface area (Å²) in [6.07, 6.45) is 5.62. The molecule has 0 aromatic rings. The fraction of sp³-hybridized carbons (Fsp3) is 0.786. The molecule has 2 rings (SSSR count). The molecule has 1 aliphatic heterocycles. The number of nitrogens with one attached hydrogen (secondary N) is 1. The summed E-state index contributed by atoms with van der Waals surface area (Å²) in [5.74, 6) is 0.263. The Morgan fingerprint density at radius 3 is 3.06 bits per heavy atom. The van der Waals surface area contributed by atoms with Crippen LogP contribution < -0.4 is 5.32 Å². The first-order valence-corrected chi connectivity index (χ1v) is 7.16. The van der Waals surface area contributed by atoms with E-state index in [9.17, 15) is 4.79 Å². The van der Waals surface area contributed by atoms with Crippen molar-refractivity contribution in [2.75, 3.05) is 32.7 Å². The minimum atomic E-state index is 0.263. The molecule has 0 radical (unpaired) electrons. The highest BCUT2D eigenvalue weighted by Crippen LogP contribution is 2.21. The second-order valence-corrected chi connectivity index (χ2v) is 5.25. The molecule has 0 bridgehead atoms. The monoisotopic (exact) mass is 251 g/mol. The molecule has 0 saturated carbocycles. The van der Waals surface area contributed by atoms with Crippen LogP contribution in [0.15, 0.2) is 11.8 Å². The van der Waals surface area contributed by atoms with Crippen molar-refractivity contribution in [1.29, 1.82) is 0 Å². The van der Waals surface area contributed by atoms with Crippen molar-refractivity contribution in [3.8, 4) is 0 Å². The minimum Gasteiger partial charge on any atom is -0.316 e. The van der Waals surface area contributed by atoms with Crippen molar-refractivity contribution in [3.63, 3.8) is 0 Å². The Balaban J connectivity index is 1.92. The lowest BCUT2D eigenvalue weighted by atomic mass is 10.2. The summed E-state index contributed by atoms with van der Waals surface area (Å²) in [7, 11) is 0. The predicted octanol–water partition coefficient (Wildman–Crippen LogP) is 1.20. The topological polar surface area (TPSA) is 35.6 Å². The quantitative estimate of drug-likeness (QED) is 0.815. The van der Waals surface area contributed by atoms with Crippen molar-refractivity contribution < 1.29 is 4.79 Å². The van der Waals surface area contributed by atoms with Gasteiger partial charge in [-0.3, -0.25) is 9.69 Å². The Morgan fingerprint density at radius 2 is 2.44 bits per heavy atom. The van der Waals surface area contributed by atoms with E-state index < -0.39 is 0 Å². The van der Waals surface area contributed by atoms with Crippen LogP contribution in [0.25, 0.3) is 0 Å². The molecule has 1 atom stereocenters. The third-order valence-corrected chi connectivity index (χ3v) is 3.96. The van der Waals surface area contributed by atoms with Gasteiger partial charge in [-0.05, 0) is 33.1 Å². The lowest BCUT2D eigenvalue weighted by Crippen LogP contribution is -2.53. The van der Waals surface area contributed by atoms with Crippen LogP contribution in [0.4, 0.5) is 0 Å². The average Bonchev–Trinajstić information content (AvgIpc) is 2.87. The molecule has 102 valence electrons. The Kier molecular flexibility index (Phi) is 4.78. The fourth-order valence-electron chi connectivity index (χ4n) is 2.82. The van der Waals surface area contributed by atoms with Gasteiger partial charge >= 0.3 is 0 Å². The summed E-state index contributed by atoms with van der Waals surface area (Å²) in [6.45, 7) is 8.57. The first-order chi connectivity index (χ1) is 8.72. The normalized spacial score (nSPS) is 25.0. The molecule has 2 aliphatic rings. The summed E-state index contributed by atoms with van der Waals surface area (Å²) in [5, 5.41) is 3.36. The first-order valence-electron chi connectivity index (χ1n) is 7.16. The fourth-order valence-corrected chi connectivity index (χ4v) is 2.82. The number of likely N-dealkylation sites (N-methyl/N-ethyl adjacent to an activating group) is 1. The summed E-state index contributed by atoms with van der Waals surface area (Å²) in [5.41, 5.74) is 1.24. The van der Waals surface area contributed by atoms with E-state index in [1.165, 1.54) is 12.1 Å². The zero-order valence-corrected chi connectivity index (χ0v) is 11.6. The van der Waals surface area contributed by atoms with Crippen molar-refractivity contribution in [2.45, 2.75) is 39.2 Å². The third kappa shape index (κ3) is 3.12. The van der Waals surface area contributed by atoms with Crippen LogP contribution >= 0.6 is 0 Å². The Bertz CT molecular complexity index is 327. The second kappa shape index (κ2) is 6.34. The Morgan fingerprint density at radius 1 is 1.61 bits per heavy atom. The SMILES string of the molecule is CCN(C(=O)CN1CCNCC1C)C1=CCCC1. The number of rotatable bonds is 4. The van der Waals surface area contributed by atoms with Crippen molar-refractivity contribution in [3.05, 3.63) is 11.8 Å². The van der Waals surface area contributed by atoms with Crippen LogP contribution in [0.2, 0.25) is 0 Å². The third-order valence-electron chi connectivity index (χ3n) is 3.96. The minimum absolute atomic E-state index is 0.263. The average molecular weight is 251 g/mol. The van der Waals surface area contributed by atoms with Crippen molar-refractivity contribution in [2.24, 2.45) is 0 Å². The van der Waals surface area contributed by atoms with E-state index >= 15 is 0 Å². The number of amides is 1. The summed E-state index contributed by atoms with van der Waals surface area (Å²) >= 11 is 0. The lowest BCUT2D eigenvalue weighted by Gasteiger charge is -2.35. The van der Waals surface area contributed by atoms with Gasteiger partial charge in [-0.1, -0.05) is 6.08 Å². The molecule has 1 aliphatic carbocycles. The number of nitrogens with zero attached hydrogens (tertiary/aromatic N) is 2. The number of allylic oxidation sites excluding steroid dienone is 2. The van der Waals surface area contributed by atoms with Crippen molar-refractivity contribution in [1.82, 2.24) is 15.1 Å². The molecule has 1 amide bonds. The number of hydrogen-bond acceptors (Lipinski definition) is 3. The number of piperazine rings is 1. The van der Waals surface area contributed by atoms with Crippen LogP contribution in [0.1, 0.15) is 33.1 Å². The standard InChI is InChI=1S/C14H25N3O/c1-3-17(13-6-4-5-7-13)14(18)11-16-9-8-15-10-12(16)2/h6,12,15H,3-5,7-11H2,1-2H3. The maximum Gasteiger partial charge on any atom is 0.240 e. The molecule has 18 heavy (non-hydrogen) atoms. The van der Waals surface area contributed by atoms with E-state index in [0.29, 0.717) is 12.6 Å². The summed E-state index contributed by atoms with van der Waals surface area (Å²) in [6, 6.07) is 0.457. The zero-order chi connectivity index (χ0) is 13.0. The van der Waals surface area contributed by atoms with Gasteiger partial charge in [0.05, 0.1) is 6.54 Å². The lowest BCUT2D eigenvalue weighted by molar-refractivity contribution is -0.131. The van der Waals surface area contributed by atoms with Crippen LogP contribution in [0.5, 0.6) is 0 Å². The molecule has 0 aromatic heterocycles. The molecule has 0 aromatic carbocycles. The molecule has 1 heterocycles. The molecule has 1 saturated heterocycles. The molecule has 1 unspecified atom stereocenters. The van der Waals surface area contributed by atoms with Gasteiger partial charge < -0.3 is 10.2 Å². The molecular formula is C14H25N3O. The van der Waals surface area contributed by atoms with E-state index in [-0.39, 0.29) is 5.91 Å². The Hall–Kier alpha value is -0.870. The van der Waals surface area contributed by atoms with Gasteiger partial charge in [-0.25, -0.2) is 0 Å². The van der Waals surface area contributed by atoms with Gasteiger partial charge in [0.1, 0.15) is 0 Å². The first kappa shape index (κ1) is 13.6. The van der Waals surface area contributed by atoms with Gasteiger partial charge in [-0.15, -0.1) is 0 Å². The van der Waals surface area contributed by atoms with Gasteiger partial charge in [-0.2, -0.15) is 0 Å². The van der Waals surface area contributed by atoms with Crippen LogP contribution in [-0.2, 0) is 4.79 Å². The van der Waals surface area contributed by atoms with E-state index in [4.69, 9.17) is 0 Å². The molecule has 1 fully saturated rings. The van der Waals surface area contributed by atoms with Gasteiger partial charge in [0, 0.05) is 37.9 Å². The van der Waals surface area contributed by atoms with E-state index in [1.807, 2.05) is 4.90 Å². The predicted molar refractivity (Wildman–Crippen MR) is 73.2 cm³/mol. The Labute approximate surface area is 110 Å². The number of carbonyl (C=O) groups excluding carboxylic acids is 1. The summed E-state index contributed by atoms with van der Waals surface area (Å²) in [4.78, 5) is 16.7. The van der Waals surface area contributed by atoms with Gasteiger partial charge in [0.25, 0.3) is 0 Å². The number of hydrogen-bond donors (Lipinski definition) is 1. The molecular weight excluding hydrogens is 226 g/mol. The van der Waals surface area contributed by atoms with Gasteiger partial charge in [0.2, 0.25) is 5.91 Å². The molecule has 1 N–H and O–H groups in total. The maximum absolute atomic E-state index is 12.4. The van der Waals surface area contributed by atoms with Crippen molar-refractivity contribution >= 4 is 5.91 Å². The van der Waals surface area contributed by atoms with E-state index in [2.05, 4.69) is 30.1 Å².